The van der Waals surface area contributed by atoms with Gasteiger partial charge in [-0.2, -0.15) is 0 Å². The summed E-state index contributed by atoms with van der Waals surface area (Å²) in [6.07, 6.45) is 4.45. The van der Waals surface area contributed by atoms with E-state index in [0.29, 0.717) is 5.22 Å². The van der Waals surface area contributed by atoms with Gasteiger partial charge in [-0.25, -0.2) is 0 Å². The third-order valence-electron chi connectivity index (χ3n) is 2.10. The average molecular weight is 191 g/mol. The third kappa shape index (κ3) is 1.62. The lowest BCUT2D eigenvalue weighted by Gasteiger charge is -2.02. The molecule has 0 radical (unpaired) electrons. The molecule has 3 N–H and O–H groups in total. The van der Waals surface area contributed by atoms with E-state index in [9.17, 15) is 10.2 Å². The van der Waals surface area contributed by atoms with Crippen molar-refractivity contribution in [3.63, 3.8) is 0 Å². The summed E-state index contributed by atoms with van der Waals surface area (Å²) in [4.78, 5) is 0. The van der Waals surface area contributed by atoms with Crippen LogP contribution in [0.5, 0.6) is 11.5 Å². The van der Waals surface area contributed by atoms with E-state index in [1.807, 2.05) is 6.92 Å². The summed E-state index contributed by atoms with van der Waals surface area (Å²) in [7, 11) is 0. The Balaban J connectivity index is 3.84. The standard InChI is InChI=1S/C11H13NO2/c1-3-8-9(4-5-12)7(2)6-10(13)11(8)14/h3-6,12-14H,1-2H3/b8-3+,9-4-,12-5?. The Morgan fingerprint density at radius 2 is 1.93 bits per heavy atom. The van der Waals surface area contributed by atoms with Crippen molar-refractivity contribution in [1.82, 2.24) is 0 Å². The number of phenols is 2. The molecule has 0 aromatic heterocycles. The number of hydrogen-bond acceptors (Lipinski definition) is 3. The fourth-order valence-corrected chi connectivity index (χ4v) is 1.43. The van der Waals surface area contributed by atoms with E-state index < -0.39 is 0 Å². The first-order valence-electron chi connectivity index (χ1n) is 4.30. The lowest BCUT2D eigenvalue weighted by Crippen LogP contribution is -2.27. The van der Waals surface area contributed by atoms with Gasteiger partial charge in [-0.3, -0.25) is 0 Å². The van der Waals surface area contributed by atoms with E-state index in [1.54, 1.807) is 19.1 Å². The highest BCUT2D eigenvalue weighted by Gasteiger charge is 2.03. The average Bonchev–Trinajstić information content (AvgIpc) is 2.15. The molecule has 0 saturated heterocycles. The fourth-order valence-electron chi connectivity index (χ4n) is 1.43. The molecular weight excluding hydrogens is 178 g/mol. The van der Waals surface area contributed by atoms with Crippen LogP contribution in [0, 0.1) is 12.3 Å². The Morgan fingerprint density at radius 3 is 2.43 bits per heavy atom. The van der Waals surface area contributed by atoms with Crippen LogP contribution in [0.2, 0.25) is 0 Å². The molecule has 0 aliphatic heterocycles. The summed E-state index contributed by atoms with van der Waals surface area (Å²) < 4.78 is 0. The van der Waals surface area contributed by atoms with Crippen LogP contribution in [-0.4, -0.2) is 16.4 Å². The maximum Gasteiger partial charge on any atom is 0.165 e. The summed E-state index contributed by atoms with van der Waals surface area (Å²) >= 11 is 0. The highest BCUT2D eigenvalue weighted by atomic mass is 16.3. The molecule has 1 aromatic carbocycles. The van der Waals surface area contributed by atoms with Crippen LogP contribution in [0.4, 0.5) is 0 Å². The third-order valence-corrected chi connectivity index (χ3v) is 2.10. The quantitative estimate of drug-likeness (QED) is 0.450. The number of aromatic hydroxyl groups is 2. The lowest BCUT2D eigenvalue weighted by molar-refractivity contribution is 0.400. The second kappa shape index (κ2) is 3.96. The molecule has 0 fully saturated rings. The van der Waals surface area contributed by atoms with Gasteiger partial charge in [-0.1, -0.05) is 6.08 Å². The first-order chi connectivity index (χ1) is 6.61. The molecule has 0 spiro atoms. The second-order valence-electron chi connectivity index (χ2n) is 3.01. The van der Waals surface area contributed by atoms with Gasteiger partial charge in [0, 0.05) is 11.4 Å². The molecule has 3 nitrogen and oxygen atoms in total. The molecule has 0 aliphatic carbocycles. The van der Waals surface area contributed by atoms with E-state index >= 15 is 0 Å². The molecule has 0 aliphatic rings. The van der Waals surface area contributed by atoms with Crippen molar-refractivity contribution in [3.8, 4) is 11.5 Å². The molecule has 0 unspecified atom stereocenters. The highest BCUT2D eigenvalue weighted by Crippen LogP contribution is 2.17. The smallest absolute Gasteiger partial charge is 0.165 e. The number of nitrogens with one attached hydrogen (secondary N) is 1. The minimum atomic E-state index is -0.133. The molecule has 1 rings (SSSR count). The molecule has 74 valence electrons. The van der Waals surface area contributed by atoms with Crippen LogP contribution in [0.25, 0.3) is 12.2 Å². The van der Waals surface area contributed by atoms with Gasteiger partial charge < -0.3 is 15.6 Å². The first kappa shape index (κ1) is 10.3. The minimum absolute atomic E-state index is 0.127. The Bertz CT molecular complexity index is 475. The van der Waals surface area contributed by atoms with Gasteiger partial charge in [-0.05, 0) is 36.8 Å². The van der Waals surface area contributed by atoms with Crippen molar-refractivity contribution in [3.05, 3.63) is 22.1 Å². The number of benzene rings is 1. The summed E-state index contributed by atoms with van der Waals surface area (Å²) in [6.45, 7) is 3.59. The van der Waals surface area contributed by atoms with Crippen LogP contribution in [0.15, 0.2) is 6.07 Å². The predicted octanol–water partition coefficient (Wildman–Crippen LogP) is 0.637. The molecule has 1 aromatic rings. The van der Waals surface area contributed by atoms with Crippen LogP contribution in [0.1, 0.15) is 12.5 Å². The first-order valence-corrected chi connectivity index (χ1v) is 4.30. The summed E-state index contributed by atoms with van der Waals surface area (Å²) in [5.41, 5.74) is 0.830. The van der Waals surface area contributed by atoms with Crippen LogP contribution < -0.4 is 10.4 Å². The zero-order valence-electron chi connectivity index (χ0n) is 8.20. The molecule has 14 heavy (non-hydrogen) atoms. The molecule has 0 amide bonds. The zero-order valence-corrected chi connectivity index (χ0v) is 8.20. The second-order valence-corrected chi connectivity index (χ2v) is 3.01. The monoisotopic (exact) mass is 191 g/mol. The van der Waals surface area contributed by atoms with E-state index in [-0.39, 0.29) is 11.5 Å². The Labute approximate surface area is 82.2 Å². The summed E-state index contributed by atoms with van der Waals surface area (Å²) in [5, 5.41) is 27.2. The largest absolute Gasteiger partial charge is 0.504 e. The topological polar surface area (TPSA) is 64.3 Å². The van der Waals surface area contributed by atoms with Crippen LogP contribution in [0.3, 0.4) is 0 Å². The molecule has 0 atom stereocenters. The van der Waals surface area contributed by atoms with Gasteiger partial charge in [0.05, 0.1) is 0 Å². The van der Waals surface area contributed by atoms with Crippen molar-refractivity contribution in [2.75, 3.05) is 0 Å². The van der Waals surface area contributed by atoms with Crippen molar-refractivity contribution < 1.29 is 10.2 Å². The maximum atomic E-state index is 9.55. The van der Waals surface area contributed by atoms with Crippen LogP contribution in [-0.2, 0) is 0 Å². The minimum Gasteiger partial charge on any atom is -0.504 e. The molecule has 0 saturated carbocycles. The van der Waals surface area contributed by atoms with Gasteiger partial charge in [0.1, 0.15) is 0 Å². The van der Waals surface area contributed by atoms with Crippen LogP contribution >= 0.6 is 0 Å². The van der Waals surface area contributed by atoms with E-state index in [0.717, 1.165) is 17.0 Å². The normalized spacial score (nSPS) is 13.3. The zero-order chi connectivity index (χ0) is 10.7. The van der Waals surface area contributed by atoms with E-state index in [1.165, 1.54) is 6.07 Å². The van der Waals surface area contributed by atoms with Gasteiger partial charge in [-0.15, -0.1) is 0 Å². The van der Waals surface area contributed by atoms with Gasteiger partial charge in [0.2, 0.25) is 0 Å². The van der Waals surface area contributed by atoms with E-state index in [4.69, 9.17) is 5.41 Å². The van der Waals surface area contributed by atoms with Crippen molar-refractivity contribution in [2.45, 2.75) is 13.8 Å². The summed E-state index contributed by atoms with van der Waals surface area (Å²) in [5.74, 6) is -0.260. The van der Waals surface area contributed by atoms with Crippen molar-refractivity contribution in [2.24, 2.45) is 0 Å². The number of aryl methyl sites for hydroxylation is 1. The highest BCUT2D eigenvalue weighted by molar-refractivity contribution is 5.88. The SMILES string of the molecule is C/C=c1/c(O)c(O)cc(C)/c1=C/C=N. The van der Waals surface area contributed by atoms with E-state index in [2.05, 4.69) is 0 Å². The number of rotatable bonds is 1. The van der Waals surface area contributed by atoms with Crippen molar-refractivity contribution >= 4 is 18.4 Å². The molecule has 0 heterocycles. The Morgan fingerprint density at radius 1 is 1.29 bits per heavy atom. The maximum absolute atomic E-state index is 9.55. The number of phenolic OH excluding ortho intramolecular Hbond substituents is 2. The number of hydrogen-bond donors (Lipinski definition) is 3. The Hall–Kier alpha value is -1.77. The Kier molecular flexibility index (Phi) is 2.92. The predicted molar refractivity (Wildman–Crippen MR) is 57.1 cm³/mol. The van der Waals surface area contributed by atoms with Crippen molar-refractivity contribution in [1.29, 1.82) is 5.41 Å². The summed E-state index contributed by atoms with van der Waals surface area (Å²) in [6, 6.07) is 1.48. The lowest BCUT2D eigenvalue weighted by atomic mass is 10.1. The molecule has 3 heteroatoms. The van der Waals surface area contributed by atoms with Gasteiger partial charge >= 0.3 is 0 Å². The fraction of sp³-hybridized carbons (Fsp3) is 0.182. The van der Waals surface area contributed by atoms with Gasteiger partial charge in [0.25, 0.3) is 0 Å². The molecular formula is C11H13NO2. The molecule has 0 bridgehead atoms. The van der Waals surface area contributed by atoms with Gasteiger partial charge in [0.15, 0.2) is 11.5 Å².